The van der Waals surface area contributed by atoms with Gasteiger partial charge in [0.1, 0.15) is 12.3 Å². The number of pyridine rings is 2. The molecule has 2 amide bonds. The summed E-state index contributed by atoms with van der Waals surface area (Å²) in [4.78, 5) is 32.7. The van der Waals surface area contributed by atoms with Crippen LogP contribution in [0.1, 0.15) is 36.2 Å². The van der Waals surface area contributed by atoms with Crippen molar-refractivity contribution in [1.82, 2.24) is 20.6 Å². The van der Waals surface area contributed by atoms with Crippen LogP contribution in [0.2, 0.25) is 0 Å². The average Bonchev–Trinajstić information content (AvgIpc) is 2.69. The van der Waals surface area contributed by atoms with Crippen LogP contribution in [0.5, 0.6) is 0 Å². The van der Waals surface area contributed by atoms with E-state index in [0.717, 1.165) is 18.2 Å². The van der Waals surface area contributed by atoms with E-state index in [0.29, 0.717) is 22.8 Å². The first-order chi connectivity index (χ1) is 13.3. The summed E-state index contributed by atoms with van der Waals surface area (Å²) in [6.07, 6.45) is 5.75. The Bertz CT molecular complexity index is 896. The van der Waals surface area contributed by atoms with Gasteiger partial charge in [-0.3, -0.25) is 14.6 Å². The molecule has 0 aromatic carbocycles. The van der Waals surface area contributed by atoms with E-state index in [1.54, 1.807) is 24.5 Å². The topological polar surface area (TPSA) is 104 Å². The quantitative estimate of drug-likeness (QED) is 0.639. The molecule has 2 aromatic rings. The third-order valence-electron chi connectivity index (χ3n) is 4.72. The molecule has 0 radical (unpaired) electrons. The zero-order valence-corrected chi connectivity index (χ0v) is 16.4. The highest BCUT2D eigenvalue weighted by Crippen LogP contribution is 2.23. The lowest BCUT2D eigenvalue weighted by Gasteiger charge is -2.33. The van der Waals surface area contributed by atoms with E-state index in [1.165, 1.54) is 0 Å². The number of aromatic nitrogens is 2. The third-order valence-corrected chi connectivity index (χ3v) is 5.30. The molecule has 2 aromatic heterocycles. The van der Waals surface area contributed by atoms with Gasteiger partial charge in [-0.2, -0.15) is 8.78 Å². The van der Waals surface area contributed by atoms with Gasteiger partial charge in [0.05, 0.1) is 9.99 Å². The molecule has 0 spiro atoms. The van der Waals surface area contributed by atoms with Crippen molar-refractivity contribution >= 4 is 38.6 Å². The van der Waals surface area contributed by atoms with Gasteiger partial charge in [-0.25, -0.2) is 4.98 Å². The second-order valence-corrected chi connectivity index (χ2v) is 7.55. The number of carbonyl (C=O) groups is 2. The molecule has 0 aliphatic heterocycles. The van der Waals surface area contributed by atoms with Gasteiger partial charge in [-0.15, -0.1) is 0 Å². The van der Waals surface area contributed by atoms with Crippen LogP contribution in [0.4, 0.5) is 8.78 Å². The summed E-state index contributed by atoms with van der Waals surface area (Å²) in [5.41, 5.74) is 0.759. The van der Waals surface area contributed by atoms with Gasteiger partial charge in [-0.05, 0) is 40.9 Å². The lowest BCUT2D eigenvalue weighted by molar-refractivity contribution is -0.152. The summed E-state index contributed by atoms with van der Waals surface area (Å²) in [5.74, 6) is -5.85. The molecule has 2 heterocycles. The van der Waals surface area contributed by atoms with E-state index >= 15 is 0 Å². The van der Waals surface area contributed by atoms with Crippen LogP contribution >= 0.6 is 15.9 Å². The van der Waals surface area contributed by atoms with Gasteiger partial charge < -0.3 is 15.7 Å². The van der Waals surface area contributed by atoms with Crippen LogP contribution in [-0.2, 0) is 4.79 Å². The maximum absolute atomic E-state index is 13.4. The molecule has 7 nitrogen and oxygen atoms in total. The minimum Gasteiger partial charge on any atom is -0.390 e. The molecule has 0 unspecified atom stereocenters. The Balaban J connectivity index is 1.74. The zero-order valence-electron chi connectivity index (χ0n) is 14.8. The fraction of sp³-hybridized carbons (Fsp3) is 0.444. The molecule has 1 fully saturated rings. The van der Waals surface area contributed by atoms with Crippen molar-refractivity contribution in [3.05, 3.63) is 34.7 Å². The Morgan fingerprint density at radius 2 is 1.86 bits per heavy atom. The Kier molecular flexibility index (Phi) is 6.19. The van der Waals surface area contributed by atoms with E-state index < -0.39 is 36.4 Å². The van der Waals surface area contributed by atoms with E-state index in [1.807, 2.05) is 0 Å². The van der Waals surface area contributed by atoms with Crippen LogP contribution < -0.4 is 10.6 Å². The van der Waals surface area contributed by atoms with Crippen LogP contribution in [0, 0.1) is 0 Å². The van der Waals surface area contributed by atoms with E-state index in [9.17, 15) is 18.4 Å². The lowest BCUT2D eigenvalue weighted by Crippen LogP contribution is -2.56. The van der Waals surface area contributed by atoms with Crippen LogP contribution in [-0.4, -0.2) is 51.5 Å². The highest BCUT2D eigenvalue weighted by Gasteiger charge is 2.40. The predicted octanol–water partition coefficient (Wildman–Crippen LogP) is 2.18. The maximum Gasteiger partial charge on any atom is 0.346 e. The van der Waals surface area contributed by atoms with Crippen LogP contribution in [0.15, 0.2) is 29.0 Å². The van der Waals surface area contributed by atoms with E-state index in [-0.39, 0.29) is 5.69 Å². The minimum atomic E-state index is -3.85. The van der Waals surface area contributed by atoms with Crippen molar-refractivity contribution in [2.45, 2.75) is 43.7 Å². The first kappa shape index (κ1) is 20.5. The fourth-order valence-electron chi connectivity index (χ4n) is 3.20. The second kappa shape index (κ2) is 8.44. The molecule has 3 N–H and O–H groups in total. The molecule has 10 heteroatoms. The summed E-state index contributed by atoms with van der Waals surface area (Å²) in [6, 6.07) is 2.14. The molecule has 150 valence electrons. The number of rotatable bonds is 5. The summed E-state index contributed by atoms with van der Waals surface area (Å²) in [5, 5.41) is 14.5. The Labute approximate surface area is 168 Å². The number of hydrogen-bond acceptors (Lipinski definition) is 5. The van der Waals surface area contributed by atoms with Crippen molar-refractivity contribution in [2.24, 2.45) is 0 Å². The number of aliphatic hydroxyl groups excluding tert-OH is 1. The van der Waals surface area contributed by atoms with Gasteiger partial charge in [0.25, 0.3) is 11.8 Å². The Morgan fingerprint density at radius 3 is 2.54 bits per heavy atom. The summed E-state index contributed by atoms with van der Waals surface area (Å²) >= 11 is 3.35. The Morgan fingerprint density at radius 1 is 1.18 bits per heavy atom. The maximum atomic E-state index is 13.4. The monoisotopic (exact) mass is 456 g/mol. The molecule has 3 rings (SSSR count). The van der Waals surface area contributed by atoms with Gasteiger partial charge in [-0.1, -0.05) is 12.8 Å². The number of aliphatic hydroxyl groups is 1. The molecule has 0 bridgehead atoms. The van der Waals surface area contributed by atoms with Crippen molar-refractivity contribution < 1.29 is 23.5 Å². The molecule has 1 aliphatic carbocycles. The number of nitrogens with one attached hydrogen (secondary N) is 2. The molecule has 1 saturated carbocycles. The lowest BCUT2D eigenvalue weighted by atomic mass is 9.90. The minimum absolute atomic E-state index is 0.177. The van der Waals surface area contributed by atoms with Crippen molar-refractivity contribution in [3.63, 3.8) is 0 Å². The highest BCUT2D eigenvalue weighted by atomic mass is 79.9. The molecule has 2 atom stereocenters. The van der Waals surface area contributed by atoms with Crippen molar-refractivity contribution in [1.29, 1.82) is 0 Å². The highest BCUT2D eigenvalue weighted by molar-refractivity contribution is 9.10. The molecule has 28 heavy (non-hydrogen) atoms. The summed E-state index contributed by atoms with van der Waals surface area (Å²) in [6.45, 7) is -1.56. The molecular formula is C18H19BrF2N4O3. The molecule has 1 aliphatic rings. The van der Waals surface area contributed by atoms with Crippen LogP contribution in [0.3, 0.4) is 0 Å². The van der Waals surface area contributed by atoms with Gasteiger partial charge in [0, 0.05) is 29.9 Å². The predicted molar refractivity (Wildman–Crippen MR) is 101 cm³/mol. The van der Waals surface area contributed by atoms with Crippen LogP contribution in [0.25, 0.3) is 10.9 Å². The first-order valence-corrected chi connectivity index (χ1v) is 9.62. The zero-order chi connectivity index (χ0) is 20.3. The second-order valence-electron chi connectivity index (χ2n) is 6.70. The summed E-state index contributed by atoms with van der Waals surface area (Å²) < 4.78 is 27.4. The average molecular weight is 457 g/mol. The van der Waals surface area contributed by atoms with E-state index in [4.69, 9.17) is 5.11 Å². The number of halogens is 3. The van der Waals surface area contributed by atoms with Gasteiger partial charge in [0.2, 0.25) is 0 Å². The molecular weight excluding hydrogens is 438 g/mol. The summed E-state index contributed by atoms with van der Waals surface area (Å²) in [7, 11) is 0. The smallest absolute Gasteiger partial charge is 0.346 e. The van der Waals surface area contributed by atoms with Crippen molar-refractivity contribution in [2.75, 3.05) is 6.61 Å². The number of amides is 2. The van der Waals surface area contributed by atoms with Gasteiger partial charge >= 0.3 is 5.92 Å². The standard InChI is InChI=1S/C18H19BrF2N4O3/c19-11-8-22-7-10-5-6-14(23-15(10)11)16(27)24-12-3-1-2-4-13(12)25-17(28)18(20,21)9-26/h5-8,12-13,26H,1-4,9H2,(H,24,27)(H,25,28)/t12-,13-/m1/s1. The first-order valence-electron chi connectivity index (χ1n) is 8.82. The number of carbonyl (C=O) groups excluding carboxylic acids is 2. The number of hydrogen-bond donors (Lipinski definition) is 3. The van der Waals surface area contributed by atoms with Gasteiger partial charge in [0.15, 0.2) is 0 Å². The van der Waals surface area contributed by atoms with Crippen molar-refractivity contribution in [3.8, 4) is 0 Å². The SMILES string of the molecule is O=C(N[C@@H]1CCCC[C@H]1NC(=O)C(F)(F)CO)c1ccc2cncc(Br)c2n1. The number of nitrogens with zero attached hydrogens (tertiary/aromatic N) is 2. The normalized spacial score (nSPS) is 20.0. The number of alkyl halides is 2. The Hall–Kier alpha value is -2.20. The number of fused-ring (bicyclic) bond motifs is 1. The molecule has 0 saturated heterocycles. The van der Waals surface area contributed by atoms with E-state index in [2.05, 4.69) is 36.5 Å². The largest absolute Gasteiger partial charge is 0.390 e. The third kappa shape index (κ3) is 4.44. The fourth-order valence-corrected chi connectivity index (χ4v) is 3.64.